The summed E-state index contributed by atoms with van der Waals surface area (Å²) in [6.45, 7) is 7.84. The van der Waals surface area contributed by atoms with Crippen molar-refractivity contribution in [2.75, 3.05) is 6.54 Å². The highest BCUT2D eigenvalue weighted by molar-refractivity contribution is 7.11. The largest absolute Gasteiger partial charge is 0.357 e. The van der Waals surface area contributed by atoms with Gasteiger partial charge in [-0.1, -0.05) is 12.8 Å². The molecular weight excluding hydrogens is 256 g/mol. The molecule has 5 heteroatoms. The summed E-state index contributed by atoms with van der Waals surface area (Å²) in [6.07, 6.45) is 5.21. The van der Waals surface area contributed by atoms with E-state index in [-0.39, 0.29) is 0 Å². The number of hydrogen-bond donors (Lipinski definition) is 2. The summed E-state index contributed by atoms with van der Waals surface area (Å²) in [5.41, 5.74) is 1.11. The molecule has 4 nitrogen and oxygen atoms in total. The molecule has 1 aliphatic rings. The molecule has 2 N–H and O–H groups in total. The lowest BCUT2D eigenvalue weighted by molar-refractivity contribution is 0.614. The number of thiazole rings is 1. The zero-order valence-electron chi connectivity index (χ0n) is 12.1. The molecule has 106 valence electrons. The van der Waals surface area contributed by atoms with E-state index < -0.39 is 0 Å². The van der Waals surface area contributed by atoms with Crippen LogP contribution in [0.2, 0.25) is 0 Å². The van der Waals surface area contributed by atoms with Crippen LogP contribution in [0.15, 0.2) is 4.99 Å². The molecule has 0 bridgehead atoms. The van der Waals surface area contributed by atoms with Gasteiger partial charge in [0.1, 0.15) is 0 Å². The standard InChI is InChI=1S/C14H24N4S/c1-4-15-14(18-12-7-5-6-8-12)16-9-13-10(2)17-11(3)19-13/h12H,4-9H2,1-3H3,(H2,15,16,18). The maximum atomic E-state index is 4.69. The lowest BCUT2D eigenvalue weighted by atomic mass is 10.2. The van der Waals surface area contributed by atoms with Crippen molar-refractivity contribution in [3.05, 3.63) is 15.6 Å². The van der Waals surface area contributed by atoms with Crippen LogP contribution in [0.3, 0.4) is 0 Å². The van der Waals surface area contributed by atoms with E-state index in [1.165, 1.54) is 30.6 Å². The highest BCUT2D eigenvalue weighted by Gasteiger charge is 2.15. The van der Waals surface area contributed by atoms with E-state index >= 15 is 0 Å². The molecule has 1 fully saturated rings. The molecule has 0 radical (unpaired) electrons. The van der Waals surface area contributed by atoms with Gasteiger partial charge in [0.15, 0.2) is 5.96 Å². The van der Waals surface area contributed by atoms with Crippen molar-refractivity contribution in [3.63, 3.8) is 0 Å². The Morgan fingerprint density at radius 2 is 2.11 bits per heavy atom. The molecule has 1 aliphatic carbocycles. The molecule has 0 aromatic carbocycles. The molecule has 0 unspecified atom stereocenters. The Labute approximate surface area is 119 Å². The van der Waals surface area contributed by atoms with Crippen LogP contribution in [-0.2, 0) is 6.54 Å². The van der Waals surface area contributed by atoms with Gasteiger partial charge in [-0.25, -0.2) is 9.98 Å². The van der Waals surface area contributed by atoms with Crippen molar-refractivity contribution < 1.29 is 0 Å². The van der Waals surface area contributed by atoms with Crippen LogP contribution in [0, 0.1) is 13.8 Å². The number of guanidine groups is 1. The van der Waals surface area contributed by atoms with E-state index in [1.54, 1.807) is 11.3 Å². The predicted octanol–water partition coefficient (Wildman–Crippen LogP) is 2.76. The van der Waals surface area contributed by atoms with Gasteiger partial charge < -0.3 is 10.6 Å². The van der Waals surface area contributed by atoms with Gasteiger partial charge in [-0.2, -0.15) is 0 Å². The normalized spacial score (nSPS) is 16.9. The fraction of sp³-hybridized carbons (Fsp3) is 0.714. The van der Waals surface area contributed by atoms with Crippen molar-refractivity contribution in [3.8, 4) is 0 Å². The third-order valence-electron chi connectivity index (χ3n) is 3.42. The third kappa shape index (κ3) is 4.20. The number of aliphatic imine (C=N–C) groups is 1. The van der Waals surface area contributed by atoms with Gasteiger partial charge in [-0.15, -0.1) is 11.3 Å². The Hall–Kier alpha value is -1.10. The summed E-state index contributed by atoms with van der Waals surface area (Å²) in [4.78, 5) is 10.4. The van der Waals surface area contributed by atoms with Crippen LogP contribution in [0.4, 0.5) is 0 Å². The van der Waals surface area contributed by atoms with Crippen LogP contribution < -0.4 is 10.6 Å². The molecule has 19 heavy (non-hydrogen) atoms. The smallest absolute Gasteiger partial charge is 0.191 e. The molecule has 0 aliphatic heterocycles. The lowest BCUT2D eigenvalue weighted by Gasteiger charge is -2.16. The quantitative estimate of drug-likeness (QED) is 0.658. The molecule has 0 amide bonds. The average Bonchev–Trinajstić information content (AvgIpc) is 2.97. The van der Waals surface area contributed by atoms with Crippen molar-refractivity contribution in [1.82, 2.24) is 15.6 Å². The molecule has 2 rings (SSSR count). The summed E-state index contributed by atoms with van der Waals surface area (Å²) < 4.78 is 0. The number of aromatic nitrogens is 1. The van der Waals surface area contributed by atoms with Gasteiger partial charge in [-0.05, 0) is 33.6 Å². The fourth-order valence-corrected chi connectivity index (χ4v) is 3.32. The number of rotatable bonds is 4. The minimum Gasteiger partial charge on any atom is -0.357 e. The Morgan fingerprint density at radius 3 is 2.68 bits per heavy atom. The highest BCUT2D eigenvalue weighted by Crippen LogP contribution is 2.19. The van der Waals surface area contributed by atoms with Crippen LogP contribution in [0.25, 0.3) is 0 Å². The second-order valence-corrected chi connectivity index (χ2v) is 6.35. The topological polar surface area (TPSA) is 49.3 Å². The molecule has 0 saturated heterocycles. The van der Waals surface area contributed by atoms with Gasteiger partial charge in [0.25, 0.3) is 0 Å². The van der Waals surface area contributed by atoms with E-state index in [1.807, 2.05) is 6.92 Å². The van der Waals surface area contributed by atoms with Crippen molar-refractivity contribution in [2.24, 2.45) is 4.99 Å². The van der Waals surface area contributed by atoms with Gasteiger partial charge in [-0.3, -0.25) is 0 Å². The number of nitrogens with zero attached hydrogens (tertiary/aromatic N) is 2. The fourth-order valence-electron chi connectivity index (χ4n) is 2.45. The number of hydrogen-bond acceptors (Lipinski definition) is 3. The Balaban J connectivity index is 1.97. The Bertz CT molecular complexity index is 433. The van der Waals surface area contributed by atoms with E-state index in [9.17, 15) is 0 Å². The van der Waals surface area contributed by atoms with Crippen LogP contribution in [0.1, 0.15) is 48.2 Å². The molecule has 1 saturated carbocycles. The van der Waals surface area contributed by atoms with Crippen molar-refractivity contribution >= 4 is 17.3 Å². The van der Waals surface area contributed by atoms with E-state index in [2.05, 4.69) is 34.5 Å². The first-order valence-corrected chi connectivity index (χ1v) is 7.98. The second kappa shape index (κ2) is 6.89. The van der Waals surface area contributed by atoms with E-state index in [0.717, 1.165) is 29.8 Å². The highest BCUT2D eigenvalue weighted by atomic mass is 32.1. The minimum atomic E-state index is 0.599. The minimum absolute atomic E-state index is 0.599. The summed E-state index contributed by atoms with van der Waals surface area (Å²) in [5.74, 6) is 0.944. The number of nitrogens with one attached hydrogen (secondary N) is 2. The average molecular weight is 280 g/mol. The zero-order chi connectivity index (χ0) is 13.7. The molecule has 1 aromatic rings. The predicted molar refractivity (Wildman–Crippen MR) is 81.8 cm³/mol. The third-order valence-corrected chi connectivity index (χ3v) is 4.48. The zero-order valence-corrected chi connectivity index (χ0v) is 12.9. The maximum Gasteiger partial charge on any atom is 0.191 e. The van der Waals surface area contributed by atoms with E-state index in [0.29, 0.717) is 6.04 Å². The molecule has 1 heterocycles. The lowest BCUT2D eigenvalue weighted by Crippen LogP contribution is -2.42. The Kier molecular flexibility index (Phi) is 5.19. The second-order valence-electron chi connectivity index (χ2n) is 5.06. The first-order chi connectivity index (χ1) is 9.19. The summed E-state index contributed by atoms with van der Waals surface area (Å²) in [7, 11) is 0. The SMILES string of the molecule is CCNC(=NCc1sc(C)nc1C)NC1CCCC1. The van der Waals surface area contributed by atoms with Crippen LogP contribution >= 0.6 is 11.3 Å². The molecule has 0 spiro atoms. The maximum absolute atomic E-state index is 4.69. The summed E-state index contributed by atoms with van der Waals surface area (Å²) >= 11 is 1.74. The molecule has 1 aromatic heterocycles. The Morgan fingerprint density at radius 1 is 1.37 bits per heavy atom. The van der Waals surface area contributed by atoms with Crippen molar-refractivity contribution in [2.45, 2.75) is 59.0 Å². The van der Waals surface area contributed by atoms with Crippen LogP contribution in [-0.4, -0.2) is 23.5 Å². The van der Waals surface area contributed by atoms with Gasteiger partial charge >= 0.3 is 0 Å². The van der Waals surface area contributed by atoms with Gasteiger partial charge in [0.2, 0.25) is 0 Å². The molecule has 0 atom stereocenters. The summed E-state index contributed by atoms with van der Waals surface area (Å²) in [6, 6.07) is 0.599. The van der Waals surface area contributed by atoms with Gasteiger partial charge in [0, 0.05) is 17.5 Å². The summed E-state index contributed by atoms with van der Waals surface area (Å²) in [5, 5.41) is 7.99. The van der Waals surface area contributed by atoms with Crippen molar-refractivity contribution in [1.29, 1.82) is 0 Å². The van der Waals surface area contributed by atoms with Gasteiger partial charge in [0.05, 0.1) is 17.2 Å². The monoisotopic (exact) mass is 280 g/mol. The number of aryl methyl sites for hydroxylation is 2. The van der Waals surface area contributed by atoms with E-state index in [4.69, 9.17) is 0 Å². The first-order valence-electron chi connectivity index (χ1n) is 7.16. The van der Waals surface area contributed by atoms with Crippen LogP contribution in [0.5, 0.6) is 0 Å². The molecular formula is C14H24N4S. The first kappa shape index (κ1) is 14.3.